The molecular formula is C16H31IN4S. The minimum atomic E-state index is 0. The Kier molecular flexibility index (Phi) is 12.9. The van der Waals surface area contributed by atoms with Crippen LogP contribution < -0.4 is 10.6 Å². The molecule has 0 aliphatic rings. The molecule has 4 nitrogen and oxygen atoms in total. The lowest BCUT2D eigenvalue weighted by molar-refractivity contribution is 0.443. The van der Waals surface area contributed by atoms with Gasteiger partial charge in [-0.3, -0.25) is 4.99 Å². The first kappa shape index (κ1) is 21.6. The van der Waals surface area contributed by atoms with Crippen LogP contribution in [-0.4, -0.2) is 24.5 Å². The lowest BCUT2D eigenvalue weighted by Gasteiger charge is -2.17. The highest BCUT2D eigenvalue weighted by atomic mass is 127. The Hall–Kier alpha value is -0.370. The second-order valence-electron chi connectivity index (χ2n) is 5.30. The molecule has 1 aromatic rings. The van der Waals surface area contributed by atoms with Crippen LogP contribution in [0.3, 0.4) is 0 Å². The average molecular weight is 438 g/mol. The Morgan fingerprint density at radius 3 is 2.64 bits per heavy atom. The van der Waals surface area contributed by atoms with Gasteiger partial charge in [-0.05, 0) is 18.8 Å². The largest absolute Gasteiger partial charge is 0.356 e. The van der Waals surface area contributed by atoms with Gasteiger partial charge in [0.15, 0.2) is 5.96 Å². The van der Waals surface area contributed by atoms with Gasteiger partial charge in [0, 0.05) is 24.7 Å². The molecule has 1 atom stereocenters. The normalized spacial score (nSPS) is 12.6. The summed E-state index contributed by atoms with van der Waals surface area (Å²) in [5.41, 5.74) is 0. The third kappa shape index (κ3) is 8.31. The van der Waals surface area contributed by atoms with Crippen LogP contribution in [0.1, 0.15) is 56.3 Å². The monoisotopic (exact) mass is 438 g/mol. The number of hydrogen-bond acceptors (Lipinski definition) is 3. The minimum absolute atomic E-state index is 0. The Bertz CT molecular complexity index is 420. The van der Waals surface area contributed by atoms with E-state index < -0.39 is 0 Å². The highest BCUT2D eigenvalue weighted by molar-refractivity contribution is 14.0. The van der Waals surface area contributed by atoms with Gasteiger partial charge in [-0.2, -0.15) is 0 Å². The number of halogens is 1. The number of aryl methyl sites for hydroxylation is 1. The summed E-state index contributed by atoms with van der Waals surface area (Å²) in [6.45, 7) is 8.41. The summed E-state index contributed by atoms with van der Waals surface area (Å²) < 4.78 is 0. The Labute approximate surface area is 156 Å². The third-order valence-corrected chi connectivity index (χ3v) is 4.82. The first-order chi connectivity index (χ1) is 10.2. The molecule has 1 rings (SSSR count). The van der Waals surface area contributed by atoms with Gasteiger partial charge in [0.2, 0.25) is 0 Å². The van der Waals surface area contributed by atoms with Crippen LogP contribution in [0.4, 0.5) is 0 Å². The van der Waals surface area contributed by atoms with Crippen LogP contribution in [0.2, 0.25) is 0 Å². The maximum absolute atomic E-state index is 4.42. The summed E-state index contributed by atoms with van der Waals surface area (Å²) in [7, 11) is 1.82. The van der Waals surface area contributed by atoms with Gasteiger partial charge in [0.1, 0.15) is 5.01 Å². The summed E-state index contributed by atoms with van der Waals surface area (Å²) in [6.07, 6.45) is 8.12. The molecule has 22 heavy (non-hydrogen) atoms. The van der Waals surface area contributed by atoms with Crippen molar-refractivity contribution in [3.05, 3.63) is 16.1 Å². The lowest BCUT2D eigenvalue weighted by atomic mass is 9.99. The third-order valence-electron chi connectivity index (χ3n) is 3.68. The average Bonchev–Trinajstić information content (AvgIpc) is 2.98. The fourth-order valence-electron chi connectivity index (χ4n) is 2.16. The van der Waals surface area contributed by atoms with Crippen molar-refractivity contribution in [1.29, 1.82) is 0 Å². The van der Waals surface area contributed by atoms with Crippen molar-refractivity contribution in [3.8, 4) is 0 Å². The quantitative estimate of drug-likeness (QED) is 0.345. The Balaban J connectivity index is 0.00000441. The minimum Gasteiger partial charge on any atom is -0.356 e. The number of hydrogen-bond donors (Lipinski definition) is 2. The van der Waals surface area contributed by atoms with Crippen LogP contribution in [-0.2, 0) is 13.0 Å². The zero-order chi connectivity index (χ0) is 15.5. The van der Waals surface area contributed by atoms with Crippen LogP contribution in [0, 0.1) is 5.92 Å². The molecule has 0 aliphatic carbocycles. The van der Waals surface area contributed by atoms with Crippen LogP contribution in [0.5, 0.6) is 0 Å². The van der Waals surface area contributed by atoms with Gasteiger partial charge in [0.05, 0.1) is 6.54 Å². The molecule has 0 saturated heterocycles. The number of rotatable bonds is 9. The topological polar surface area (TPSA) is 49.3 Å². The second kappa shape index (κ2) is 13.1. The first-order valence-corrected chi connectivity index (χ1v) is 8.93. The predicted octanol–water partition coefficient (Wildman–Crippen LogP) is 4.20. The summed E-state index contributed by atoms with van der Waals surface area (Å²) in [6, 6.07) is 0. The fraction of sp³-hybridized carbons (Fsp3) is 0.750. The fourth-order valence-corrected chi connectivity index (χ4v) is 2.96. The van der Waals surface area contributed by atoms with Crippen molar-refractivity contribution in [2.75, 3.05) is 13.6 Å². The molecule has 1 heterocycles. The van der Waals surface area contributed by atoms with Gasteiger partial charge in [0.25, 0.3) is 0 Å². The molecule has 2 N–H and O–H groups in total. The van der Waals surface area contributed by atoms with Crippen molar-refractivity contribution in [1.82, 2.24) is 15.6 Å². The molecule has 0 amide bonds. The van der Waals surface area contributed by atoms with E-state index in [4.69, 9.17) is 0 Å². The van der Waals surface area contributed by atoms with E-state index in [2.05, 4.69) is 41.4 Å². The number of aromatic nitrogens is 1. The van der Waals surface area contributed by atoms with E-state index in [9.17, 15) is 0 Å². The molecule has 0 spiro atoms. The summed E-state index contributed by atoms with van der Waals surface area (Å²) in [5.74, 6) is 1.60. The molecule has 0 fully saturated rings. The zero-order valence-corrected chi connectivity index (χ0v) is 17.5. The van der Waals surface area contributed by atoms with E-state index in [0.29, 0.717) is 0 Å². The molecular weight excluding hydrogens is 407 g/mol. The van der Waals surface area contributed by atoms with Crippen LogP contribution in [0.25, 0.3) is 0 Å². The summed E-state index contributed by atoms with van der Waals surface area (Å²) in [4.78, 5) is 10.0. The number of nitrogens with zero attached hydrogens (tertiary/aromatic N) is 2. The number of guanidine groups is 1. The van der Waals surface area contributed by atoms with E-state index in [0.717, 1.165) is 36.4 Å². The van der Waals surface area contributed by atoms with Gasteiger partial charge < -0.3 is 10.6 Å². The molecule has 0 radical (unpaired) electrons. The highest BCUT2D eigenvalue weighted by Crippen LogP contribution is 2.13. The first-order valence-electron chi connectivity index (χ1n) is 8.11. The molecule has 0 aromatic carbocycles. The molecule has 0 saturated carbocycles. The van der Waals surface area contributed by atoms with Gasteiger partial charge >= 0.3 is 0 Å². The van der Waals surface area contributed by atoms with E-state index >= 15 is 0 Å². The summed E-state index contributed by atoms with van der Waals surface area (Å²) >= 11 is 1.77. The van der Waals surface area contributed by atoms with Crippen LogP contribution >= 0.6 is 35.3 Å². The smallest absolute Gasteiger partial charge is 0.191 e. The number of unbranched alkanes of at least 4 members (excludes halogenated alkanes) is 1. The van der Waals surface area contributed by atoms with Crippen molar-refractivity contribution in [3.63, 3.8) is 0 Å². The van der Waals surface area contributed by atoms with E-state index in [1.165, 1.54) is 30.6 Å². The lowest BCUT2D eigenvalue weighted by Crippen LogP contribution is -2.39. The van der Waals surface area contributed by atoms with Crippen molar-refractivity contribution in [2.45, 2.75) is 59.4 Å². The highest BCUT2D eigenvalue weighted by Gasteiger charge is 2.07. The zero-order valence-electron chi connectivity index (χ0n) is 14.3. The van der Waals surface area contributed by atoms with Crippen molar-refractivity contribution >= 4 is 41.3 Å². The number of nitrogens with one attached hydrogen (secondary N) is 2. The Morgan fingerprint density at radius 1 is 1.32 bits per heavy atom. The molecule has 6 heteroatoms. The molecule has 1 unspecified atom stereocenters. The van der Waals surface area contributed by atoms with Crippen LogP contribution in [0.15, 0.2) is 11.2 Å². The SMILES string of the molecule is CCCCC(CC)CNC(=NC)NCc1ncc(CC)s1.I. The number of aliphatic imine (C=N–C) groups is 1. The molecule has 0 aliphatic heterocycles. The van der Waals surface area contributed by atoms with E-state index in [1.54, 1.807) is 11.3 Å². The molecule has 1 aromatic heterocycles. The van der Waals surface area contributed by atoms with Gasteiger partial charge in [-0.1, -0.05) is 40.0 Å². The van der Waals surface area contributed by atoms with E-state index in [-0.39, 0.29) is 24.0 Å². The van der Waals surface area contributed by atoms with Crippen molar-refractivity contribution in [2.24, 2.45) is 10.9 Å². The number of thiazole rings is 1. The maximum Gasteiger partial charge on any atom is 0.191 e. The van der Waals surface area contributed by atoms with E-state index in [1.807, 2.05) is 13.2 Å². The second-order valence-corrected chi connectivity index (χ2v) is 6.50. The molecule has 128 valence electrons. The Morgan fingerprint density at radius 2 is 2.09 bits per heavy atom. The summed E-state index contributed by atoms with van der Waals surface area (Å²) in [5, 5.41) is 7.90. The maximum atomic E-state index is 4.42. The molecule has 0 bridgehead atoms. The predicted molar refractivity (Wildman–Crippen MR) is 108 cm³/mol. The van der Waals surface area contributed by atoms with Crippen molar-refractivity contribution < 1.29 is 0 Å². The standard InChI is InChI=1S/C16H30N4S.HI/c1-5-8-9-13(6-2)10-19-16(17-4)20-12-15-18-11-14(7-3)21-15;/h11,13H,5-10,12H2,1-4H3,(H2,17,19,20);1H. The van der Waals surface area contributed by atoms with Gasteiger partial charge in [-0.25, -0.2) is 4.98 Å². The van der Waals surface area contributed by atoms with Gasteiger partial charge in [-0.15, -0.1) is 35.3 Å².